The van der Waals surface area contributed by atoms with E-state index in [0.717, 1.165) is 30.6 Å². The molecule has 2 heterocycles. The van der Waals surface area contributed by atoms with Gasteiger partial charge in [-0.25, -0.2) is 26.3 Å². The van der Waals surface area contributed by atoms with Gasteiger partial charge in [-0.15, -0.1) is 0 Å². The zero-order chi connectivity index (χ0) is 30.9. The Morgan fingerprint density at radius 3 is 2.28 bits per heavy atom. The SMILES string of the molecule is C=S(=O)(c1ccc(-n2cc(CCCN[C@@H]3C[C@H]3c3ccc(F)cc3)nc(N3CCN(S(C)(=O)=O)CC3)c2=O)cc1)N(C)C. The maximum atomic E-state index is 13.7. The third-order valence-corrected chi connectivity index (χ3v) is 11.6. The van der Waals surface area contributed by atoms with Gasteiger partial charge in [0, 0.05) is 54.9 Å². The number of hydrogen-bond acceptors (Lipinski definition) is 7. The molecule has 10 nitrogen and oxygen atoms in total. The molecule has 1 unspecified atom stereocenters. The molecule has 3 atom stereocenters. The first-order valence-corrected chi connectivity index (χ1v) is 17.8. The average Bonchev–Trinajstić information content (AvgIpc) is 3.75. The Morgan fingerprint density at radius 2 is 1.67 bits per heavy atom. The van der Waals surface area contributed by atoms with Crippen LogP contribution in [0.3, 0.4) is 0 Å². The fraction of sp³-hybridized carbons (Fsp3) is 0.433. The lowest BCUT2D eigenvalue weighted by molar-refractivity contribution is 0.386. The summed E-state index contributed by atoms with van der Waals surface area (Å²) in [5, 5.41) is 3.57. The monoisotopic (exact) mass is 630 g/mol. The molecule has 5 rings (SSSR count). The van der Waals surface area contributed by atoms with Gasteiger partial charge in [0.05, 0.1) is 21.7 Å². The summed E-state index contributed by atoms with van der Waals surface area (Å²) in [5.74, 6) is 4.30. The zero-order valence-corrected chi connectivity index (χ0v) is 26.4. The summed E-state index contributed by atoms with van der Waals surface area (Å²) in [6.07, 6.45) is 5.38. The van der Waals surface area contributed by atoms with Crippen molar-refractivity contribution in [1.82, 2.24) is 23.5 Å². The van der Waals surface area contributed by atoms with E-state index >= 15 is 0 Å². The number of rotatable bonds is 11. The Morgan fingerprint density at radius 1 is 1.02 bits per heavy atom. The first-order chi connectivity index (χ1) is 20.3. The molecule has 13 heteroatoms. The van der Waals surface area contributed by atoms with Crippen molar-refractivity contribution in [3.63, 3.8) is 0 Å². The first kappa shape index (κ1) is 31.3. The molecular formula is C30H39FN6O4S2. The Hall–Kier alpha value is -3.10. The Labute approximate surface area is 253 Å². The van der Waals surface area contributed by atoms with Crippen molar-refractivity contribution in [3.8, 4) is 5.69 Å². The molecule has 2 fully saturated rings. The number of anilines is 1. The molecule has 2 aromatic carbocycles. The maximum Gasteiger partial charge on any atom is 0.298 e. The maximum absolute atomic E-state index is 13.7. The smallest absolute Gasteiger partial charge is 0.298 e. The van der Waals surface area contributed by atoms with E-state index in [1.807, 2.05) is 17.0 Å². The molecular weight excluding hydrogens is 592 g/mol. The van der Waals surface area contributed by atoms with Crippen LogP contribution in [0, 0.1) is 5.82 Å². The number of piperazine rings is 1. The largest absolute Gasteiger partial charge is 0.349 e. The molecule has 1 aliphatic carbocycles. The highest BCUT2D eigenvalue weighted by atomic mass is 32.2. The molecule has 0 bridgehead atoms. The Balaban J connectivity index is 1.33. The lowest BCUT2D eigenvalue weighted by Gasteiger charge is -2.33. The first-order valence-electron chi connectivity index (χ1n) is 14.3. The van der Waals surface area contributed by atoms with E-state index in [4.69, 9.17) is 4.98 Å². The lowest BCUT2D eigenvalue weighted by atomic mass is 10.1. The highest BCUT2D eigenvalue weighted by molar-refractivity contribution is 7.98. The second-order valence-electron chi connectivity index (χ2n) is 11.4. The molecule has 43 heavy (non-hydrogen) atoms. The minimum Gasteiger partial charge on any atom is -0.349 e. The fourth-order valence-corrected chi connectivity index (χ4v) is 7.17. The topological polar surface area (TPSA) is 108 Å². The van der Waals surface area contributed by atoms with Crippen LogP contribution in [0.4, 0.5) is 10.2 Å². The average molecular weight is 631 g/mol. The van der Waals surface area contributed by atoms with E-state index in [1.54, 1.807) is 53.4 Å². The number of aromatic nitrogens is 2. The van der Waals surface area contributed by atoms with Crippen LogP contribution in [-0.2, 0) is 26.2 Å². The predicted molar refractivity (Wildman–Crippen MR) is 170 cm³/mol. The minimum atomic E-state index is -3.32. The second kappa shape index (κ2) is 12.5. The van der Waals surface area contributed by atoms with Gasteiger partial charge >= 0.3 is 0 Å². The Kier molecular flexibility index (Phi) is 9.10. The van der Waals surface area contributed by atoms with Gasteiger partial charge in [-0.1, -0.05) is 12.1 Å². The third kappa shape index (κ3) is 7.18. The van der Waals surface area contributed by atoms with Crippen molar-refractivity contribution in [2.45, 2.75) is 36.1 Å². The summed E-state index contributed by atoms with van der Waals surface area (Å²) < 4.78 is 54.8. The standard InChI is InChI=1S/C30H39FN6O4S2/c1-34(2)42(3,39)26-13-11-25(12-14-26)37-21-24(6-5-15-32-28-20-27(28)22-7-9-23(31)10-8-22)33-29(30(37)38)35-16-18-36(19-17-35)43(4,40)41/h7-14,21,27-28,32H,3,5-6,15-20H2,1-2,4H3/t27-,28+,42?/m0/s1. The van der Waals surface area contributed by atoms with Gasteiger partial charge in [0.1, 0.15) is 5.82 Å². The third-order valence-electron chi connectivity index (χ3n) is 8.12. The molecule has 0 radical (unpaired) electrons. The van der Waals surface area contributed by atoms with Crippen molar-refractivity contribution in [3.05, 3.63) is 82.2 Å². The predicted octanol–water partition coefficient (Wildman–Crippen LogP) is 2.08. The molecule has 1 saturated heterocycles. The molecule has 1 N–H and O–H groups in total. The highest BCUT2D eigenvalue weighted by Gasteiger charge is 2.37. The summed E-state index contributed by atoms with van der Waals surface area (Å²) in [5.41, 5.74) is 2.19. The van der Waals surface area contributed by atoms with E-state index in [1.165, 1.54) is 22.7 Å². The van der Waals surface area contributed by atoms with Crippen molar-refractivity contribution >= 4 is 31.4 Å². The van der Waals surface area contributed by atoms with Crippen molar-refractivity contribution in [2.24, 2.45) is 0 Å². The molecule has 0 amide bonds. The summed E-state index contributed by atoms with van der Waals surface area (Å²) >= 11 is 0. The van der Waals surface area contributed by atoms with Gasteiger partial charge in [-0.05, 0) is 87.7 Å². The molecule has 1 aromatic heterocycles. The van der Waals surface area contributed by atoms with Gasteiger partial charge in [0.2, 0.25) is 10.0 Å². The van der Waals surface area contributed by atoms with Crippen molar-refractivity contribution in [1.29, 1.82) is 0 Å². The number of nitrogens with zero attached hydrogens (tertiary/aromatic N) is 5. The van der Waals surface area contributed by atoms with Gasteiger partial charge in [-0.3, -0.25) is 9.36 Å². The van der Waals surface area contributed by atoms with Crippen molar-refractivity contribution < 1.29 is 17.0 Å². The molecule has 2 aliphatic rings. The van der Waals surface area contributed by atoms with E-state index in [-0.39, 0.29) is 30.3 Å². The van der Waals surface area contributed by atoms with E-state index < -0.39 is 19.7 Å². The molecule has 232 valence electrons. The van der Waals surface area contributed by atoms with Gasteiger partial charge in [0.25, 0.3) is 5.56 Å². The van der Waals surface area contributed by atoms with Crippen molar-refractivity contribution in [2.75, 3.05) is 58.0 Å². The van der Waals surface area contributed by atoms with Crippen LogP contribution < -0.4 is 15.8 Å². The van der Waals surface area contributed by atoms with Gasteiger partial charge in [-0.2, -0.15) is 4.31 Å². The van der Waals surface area contributed by atoms with Crippen LogP contribution in [0.1, 0.15) is 30.0 Å². The number of hydrogen-bond donors (Lipinski definition) is 1. The van der Waals surface area contributed by atoms with Gasteiger partial charge < -0.3 is 10.2 Å². The molecule has 3 aromatic rings. The van der Waals surface area contributed by atoms with Crippen LogP contribution in [0.5, 0.6) is 0 Å². The van der Waals surface area contributed by atoms with E-state index in [0.29, 0.717) is 42.1 Å². The van der Waals surface area contributed by atoms with Gasteiger partial charge in [0.15, 0.2) is 5.82 Å². The summed E-state index contributed by atoms with van der Waals surface area (Å²) in [7, 11) is -2.53. The summed E-state index contributed by atoms with van der Waals surface area (Å²) in [6.45, 7) is 2.04. The Bertz CT molecular complexity index is 1720. The second-order valence-corrected chi connectivity index (χ2v) is 15.8. The van der Waals surface area contributed by atoms with Crippen LogP contribution in [0.15, 0.2) is 64.4 Å². The number of benzene rings is 2. The van der Waals surface area contributed by atoms with E-state index in [9.17, 15) is 21.8 Å². The van der Waals surface area contributed by atoms with Crippen LogP contribution in [-0.4, -0.2) is 95.8 Å². The summed E-state index contributed by atoms with van der Waals surface area (Å²) in [4.78, 5) is 20.9. The number of halogens is 1. The molecule has 1 saturated carbocycles. The fourth-order valence-electron chi connectivity index (χ4n) is 5.36. The van der Waals surface area contributed by atoms with Crippen LogP contribution in [0.25, 0.3) is 5.69 Å². The van der Waals surface area contributed by atoms with Crippen LogP contribution in [0.2, 0.25) is 0 Å². The number of sulfonamides is 1. The number of aryl methyl sites for hydroxylation is 1. The number of nitrogens with one attached hydrogen (secondary N) is 1. The zero-order valence-electron chi connectivity index (χ0n) is 24.8. The summed E-state index contributed by atoms with van der Waals surface area (Å²) in [6, 6.07) is 14.0. The van der Waals surface area contributed by atoms with E-state index in [2.05, 4.69) is 11.2 Å². The molecule has 1 aliphatic heterocycles. The lowest BCUT2D eigenvalue weighted by Crippen LogP contribution is -2.50. The quantitative estimate of drug-likeness (QED) is 0.255. The minimum absolute atomic E-state index is 0.231. The normalized spacial score (nSPS) is 20.7. The van der Waals surface area contributed by atoms with Crippen LogP contribution >= 0.6 is 0 Å². The molecule has 0 spiro atoms. The highest BCUT2D eigenvalue weighted by Crippen LogP contribution is 2.40.